The van der Waals surface area contributed by atoms with Gasteiger partial charge < -0.3 is 15.3 Å². The SMILES string of the molecule is N#C[C@@H]1[C@H](c2ccc(C3=CCCCC3)cc2)[C@H](CO)N1C(=O)NC1CCCCC1. The summed E-state index contributed by atoms with van der Waals surface area (Å²) in [7, 11) is 0. The Morgan fingerprint density at radius 1 is 1.14 bits per heavy atom. The van der Waals surface area contributed by atoms with Crippen LogP contribution in [-0.4, -0.2) is 40.8 Å². The molecule has 0 spiro atoms. The molecular weight excluding hydrogens is 362 g/mol. The summed E-state index contributed by atoms with van der Waals surface area (Å²) >= 11 is 0. The summed E-state index contributed by atoms with van der Waals surface area (Å²) in [5.74, 6) is -0.142. The number of allylic oxidation sites excluding steroid dienone is 2. The number of aliphatic hydroxyl groups excluding tert-OH is 1. The van der Waals surface area contributed by atoms with Crippen molar-refractivity contribution in [3.8, 4) is 6.07 Å². The molecule has 1 aliphatic heterocycles. The van der Waals surface area contributed by atoms with Crippen molar-refractivity contribution < 1.29 is 9.90 Å². The first kappa shape index (κ1) is 20.0. The van der Waals surface area contributed by atoms with E-state index in [0.29, 0.717) is 0 Å². The number of nitrogens with one attached hydrogen (secondary N) is 1. The second-order valence-electron chi connectivity index (χ2n) is 8.64. The van der Waals surface area contributed by atoms with Crippen LogP contribution in [0.2, 0.25) is 0 Å². The number of rotatable bonds is 4. The largest absolute Gasteiger partial charge is 0.394 e. The quantitative estimate of drug-likeness (QED) is 0.799. The molecule has 1 saturated carbocycles. The van der Waals surface area contributed by atoms with Crippen molar-refractivity contribution >= 4 is 11.6 Å². The Kier molecular flexibility index (Phi) is 6.20. The predicted octanol–water partition coefficient (Wildman–Crippen LogP) is 4.34. The molecule has 3 aliphatic rings. The highest BCUT2D eigenvalue weighted by atomic mass is 16.3. The fourth-order valence-corrected chi connectivity index (χ4v) is 5.20. The van der Waals surface area contributed by atoms with Crippen LogP contribution in [0.15, 0.2) is 30.3 Å². The van der Waals surface area contributed by atoms with Crippen LogP contribution >= 0.6 is 0 Å². The highest BCUT2D eigenvalue weighted by Gasteiger charge is 2.52. The number of nitrogens with zero attached hydrogens (tertiary/aromatic N) is 2. The van der Waals surface area contributed by atoms with Gasteiger partial charge in [-0.15, -0.1) is 0 Å². The van der Waals surface area contributed by atoms with E-state index in [0.717, 1.165) is 44.1 Å². The molecule has 0 aromatic heterocycles. The maximum Gasteiger partial charge on any atom is 0.319 e. The Morgan fingerprint density at radius 2 is 1.90 bits per heavy atom. The van der Waals surface area contributed by atoms with Gasteiger partial charge in [-0.3, -0.25) is 0 Å². The molecule has 1 aromatic rings. The zero-order valence-corrected chi connectivity index (χ0v) is 17.0. The third kappa shape index (κ3) is 4.04. The Morgan fingerprint density at radius 3 is 2.52 bits per heavy atom. The minimum absolute atomic E-state index is 0.131. The number of likely N-dealkylation sites (tertiary alicyclic amines) is 1. The summed E-state index contributed by atoms with van der Waals surface area (Å²) in [5.41, 5.74) is 3.67. The lowest BCUT2D eigenvalue weighted by Gasteiger charge is -2.51. The van der Waals surface area contributed by atoms with E-state index in [2.05, 4.69) is 41.7 Å². The van der Waals surface area contributed by atoms with E-state index in [-0.39, 0.29) is 30.6 Å². The molecule has 5 heteroatoms. The molecule has 2 amide bonds. The lowest BCUT2D eigenvalue weighted by atomic mass is 9.75. The molecule has 0 radical (unpaired) electrons. The van der Waals surface area contributed by atoms with Crippen molar-refractivity contribution in [2.24, 2.45) is 0 Å². The van der Waals surface area contributed by atoms with E-state index < -0.39 is 6.04 Å². The molecule has 1 saturated heterocycles. The topological polar surface area (TPSA) is 76.4 Å². The first-order valence-electron chi connectivity index (χ1n) is 11.1. The van der Waals surface area contributed by atoms with E-state index >= 15 is 0 Å². The van der Waals surface area contributed by atoms with Gasteiger partial charge in [0, 0.05) is 12.0 Å². The molecule has 5 nitrogen and oxygen atoms in total. The van der Waals surface area contributed by atoms with Crippen molar-refractivity contribution in [2.75, 3.05) is 6.61 Å². The zero-order chi connectivity index (χ0) is 20.2. The summed E-state index contributed by atoms with van der Waals surface area (Å²) < 4.78 is 0. The van der Waals surface area contributed by atoms with Crippen LogP contribution < -0.4 is 5.32 Å². The Bertz CT molecular complexity index is 789. The Labute approximate surface area is 173 Å². The summed E-state index contributed by atoms with van der Waals surface area (Å²) in [6, 6.07) is 9.80. The summed E-state index contributed by atoms with van der Waals surface area (Å²) in [4.78, 5) is 14.4. The van der Waals surface area contributed by atoms with Gasteiger partial charge in [0.2, 0.25) is 0 Å². The zero-order valence-electron chi connectivity index (χ0n) is 17.0. The number of hydrogen-bond donors (Lipinski definition) is 2. The van der Waals surface area contributed by atoms with E-state index in [1.54, 1.807) is 4.90 Å². The van der Waals surface area contributed by atoms with Crippen LogP contribution in [0.25, 0.3) is 5.57 Å². The molecule has 4 rings (SSSR count). The number of amides is 2. The summed E-state index contributed by atoms with van der Waals surface area (Å²) in [6.07, 6.45) is 12.6. The summed E-state index contributed by atoms with van der Waals surface area (Å²) in [6.45, 7) is -0.131. The first-order chi connectivity index (χ1) is 14.2. The minimum Gasteiger partial charge on any atom is -0.394 e. The number of aliphatic hydroxyl groups is 1. The molecular formula is C24H31N3O2. The van der Waals surface area contributed by atoms with Crippen LogP contribution in [0, 0.1) is 11.3 Å². The van der Waals surface area contributed by atoms with Crippen molar-refractivity contribution in [2.45, 2.75) is 81.8 Å². The molecule has 2 aliphatic carbocycles. The lowest BCUT2D eigenvalue weighted by Crippen LogP contribution is -2.67. The fourth-order valence-electron chi connectivity index (χ4n) is 5.20. The smallest absolute Gasteiger partial charge is 0.319 e. The number of nitriles is 1. The lowest BCUT2D eigenvalue weighted by molar-refractivity contribution is 0.0153. The van der Waals surface area contributed by atoms with Gasteiger partial charge in [-0.1, -0.05) is 49.6 Å². The van der Waals surface area contributed by atoms with Crippen molar-refractivity contribution in [1.29, 1.82) is 5.26 Å². The van der Waals surface area contributed by atoms with Gasteiger partial charge in [-0.2, -0.15) is 5.26 Å². The molecule has 2 N–H and O–H groups in total. The third-order valence-electron chi connectivity index (χ3n) is 6.86. The molecule has 1 heterocycles. The van der Waals surface area contributed by atoms with Crippen LogP contribution in [-0.2, 0) is 0 Å². The van der Waals surface area contributed by atoms with Crippen LogP contribution in [0.5, 0.6) is 0 Å². The van der Waals surface area contributed by atoms with E-state index in [1.807, 2.05) is 0 Å². The van der Waals surface area contributed by atoms with Gasteiger partial charge in [-0.05, 0) is 55.2 Å². The Balaban J connectivity index is 1.47. The average molecular weight is 394 g/mol. The number of urea groups is 1. The monoisotopic (exact) mass is 393 g/mol. The van der Waals surface area contributed by atoms with E-state index in [1.165, 1.54) is 30.4 Å². The number of hydrogen-bond acceptors (Lipinski definition) is 3. The predicted molar refractivity (Wildman–Crippen MR) is 113 cm³/mol. The van der Waals surface area contributed by atoms with Crippen LogP contribution in [0.4, 0.5) is 4.79 Å². The van der Waals surface area contributed by atoms with Crippen LogP contribution in [0.3, 0.4) is 0 Å². The Hall–Kier alpha value is -2.32. The highest BCUT2D eigenvalue weighted by Crippen LogP contribution is 2.41. The molecule has 0 unspecified atom stereocenters. The number of carbonyl (C=O) groups excluding carboxylic acids is 1. The van der Waals surface area contributed by atoms with Gasteiger partial charge in [0.05, 0.1) is 18.7 Å². The third-order valence-corrected chi connectivity index (χ3v) is 6.86. The molecule has 0 bridgehead atoms. The fraction of sp³-hybridized carbons (Fsp3) is 0.583. The van der Waals surface area contributed by atoms with E-state index in [9.17, 15) is 15.2 Å². The summed E-state index contributed by atoms with van der Waals surface area (Å²) in [5, 5.41) is 22.8. The highest BCUT2D eigenvalue weighted by molar-refractivity contribution is 5.78. The maximum absolute atomic E-state index is 12.8. The van der Waals surface area contributed by atoms with Gasteiger partial charge in [0.15, 0.2) is 0 Å². The molecule has 3 atom stereocenters. The number of benzene rings is 1. The number of carbonyl (C=O) groups is 1. The molecule has 2 fully saturated rings. The second-order valence-corrected chi connectivity index (χ2v) is 8.64. The van der Waals surface area contributed by atoms with Gasteiger partial charge >= 0.3 is 6.03 Å². The second kappa shape index (κ2) is 9.00. The van der Waals surface area contributed by atoms with Crippen molar-refractivity contribution in [1.82, 2.24) is 10.2 Å². The average Bonchev–Trinajstić information content (AvgIpc) is 2.75. The molecule has 1 aromatic carbocycles. The standard InChI is InChI=1S/C24H31N3O2/c25-15-21-23(19-13-11-18(12-14-19)17-7-3-1-4-8-17)22(16-28)27(21)24(29)26-20-9-5-2-6-10-20/h7,11-14,20-23,28H,1-6,8-10,16H2,(H,26,29)/t21-,22+,23+/m1/s1. The molecule has 29 heavy (non-hydrogen) atoms. The van der Waals surface area contributed by atoms with Crippen molar-refractivity contribution in [3.05, 3.63) is 41.5 Å². The minimum atomic E-state index is -0.532. The van der Waals surface area contributed by atoms with Gasteiger partial charge in [0.1, 0.15) is 6.04 Å². The maximum atomic E-state index is 12.8. The normalized spacial score (nSPS) is 27.5. The molecule has 154 valence electrons. The van der Waals surface area contributed by atoms with Crippen molar-refractivity contribution in [3.63, 3.8) is 0 Å². The van der Waals surface area contributed by atoms with E-state index in [4.69, 9.17) is 0 Å². The van der Waals surface area contributed by atoms with Gasteiger partial charge in [0.25, 0.3) is 0 Å². The first-order valence-corrected chi connectivity index (χ1v) is 11.1. The van der Waals surface area contributed by atoms with Crippen LogP contribution in [0.1, 0.15) is 74.8 Å². The van der Waals surface area contributed by atoms with Gasteiger partial charge in [-0.25, -0.2) is 4.79 Å².